The van der Waals surface area contributed by atoms with Gasteiger partial charge in [-0.25, -0.2) is 9.67 Å². The first-order valence-corrected chi connectivity index (χ1v) is 7.81. The van der Waals surface area contributed by atoms with Crippen molar-refractivity contribution >= 4 is 5.91 Å². The normalized spacial score (nSPS) is 20.8. The molecule has 1 aromatic carbocycles. The van der Waals surface area contributed by atoms with E-state index >= 15 is 0 Å². The summed E-state index contributed by atoms with van der Waals surface area (Å²) in [6.45, 7) is -2.87. The Balaban J connectivity index is 1.50. The second kappa shape index (κ2) is 7.37. The molecule has 2 aromatic rings. The Bertz CT molecular complexity index is 653. The van der Waals surface area contributed by atoms with Crippen LogP contribution in [0.5, 0.6) is 5.75 Å². The van der Waals surface area contributed by atoms with Gasteiger partial charge in [0.1, 0.15) is 18.4 Å². The Hall–Kier alpha value is -2.51. The number of carbonyl (C=O) groups excluding carboxylic acids is 1. The SMILES string of the molecule is O=C(NC1CCC(n2cncn2)CC1)c1ccc(OC(F)F)cc1. The number of hydrogen-bond donors (Lipinski definition) is 1. The van der Waals surface area contributed by atoms with E-state index in [2.05, 4.69) is 20.1 Å². The predicted molar refractivity (Wildman–Crippen MR) is 81.9 cm³/mol. The van der Waals surface area contributed by atoms with E-state index in [1.807, 2.05) is 4.68 Å². The summed E-state index contributed by atoms with van der Waals surface area (Å²) in [6, 6.07) is 6.12. The second-order valence-corrected chi connectivity index (χ2v) is 5.76. The van der Waals surface area contributed by atoms with Crippen molar-refractivity contribution in [1.29, 1.82) is 0 Å². The first-order valence-electron chi connectivity index (χ1n) is 7.81. The van der Waals surface area contributed by atoms with E-state index in [0.29, 0.717) is 11.6 Å². The van der Waals surface area contributed by atoms with Crippen LogP contribution < -0.4 is 10.1 Å². The lowest BCUT2D eigenvalue weighted by Gasteiger charge is -2.29. The maximum absolute atomic E-state index is 12.2. The second-order valence-electron chi connectivity index (χ2n) is 5.76. The Labute approximate surface area is 137 Å². The summed E-state index contributed by atoms with van der Waals surface area (Å²) in [7, 11) is 0. The van der Waals surface area contributed by atoms with Crippen molar-refractivity contribution in [2.45, 2.75) is 44.4 Å². The highest BCUT2D eigenvalue weighted by atomic mass is 19.3. The first kappa shape index (κ1) is 16.4. The van der Waals surface area contributed by atoms with Crippen molar-refractivity contribution < 1.29 is 18.3 Å². The van der Waals surface area contributed by atoms with Gasteiger partial charge in [0.05, 0.1) is 6.04 Å². The third-order valence-electron chi connectivity index (χ3n) is 4.18. The van der Waals surface area contributed by atoms with E-state index in [1.54, 1.807) is 6.33 Å². The minimum atomic E-state index is -2.87. The average molecular weight is 336 g/mol. The number of rotatable bonds is 5. The molecule has 1 saturated carbocycles. The van der Waals surface area contributed by atoms with Crippen LogP contribution in [0.25, 0.3) is 0 Å². The van der Waals surface area contributed by atoms with Gasteiger partial charge in [-0.1, -0.05) is 0 Å². The average Bonchev–Trinajstić information content (AvgIpc) is 3.10. The number of ether oxygens (including phenoxy) is 1. The Morgan fingerprint density at radius 3 is 2.50 bits per heavy atom. The van der Waals surface area contributed by atoms with Gasteiger partial charge < -0.3 is 10.1 Å². The first-order chi connectivity index (χ1) is 11.6. The van der Waals surface area contributed by atoms with Crippen molar-refractivity contribution in [3.63, 3.8) is 0 Å². The number of amides is 1. The zero-order valence-electron chi connectivity index (χ0n) is 12.9. The van der Waals surface area contributed by atoms with Crippen molar-refractivity contribution in [2.75, 3.05) is 0 Å². The molecule has 0 atom stereocenters. The van der Waals surface area contributed by atoms with E-state index in [1.165, 1.54) is 30.6 Å². The third-order valence-corrected chi connectivity index (χ3v) is 4.18. The van der Waals surface area contributed by atoms with Crippen LogP contribution in [-0.2, 0) is 0 Å². The number of alkyl halides is 2. The minimum Gasteiger partial charge on any atom is -0.435 e. The summed E-state index contributed by atoms with van der Waals surface area (Å²) in [6.07, 6.45) is 6.82. The highest BCUT2D eigenvalue weighted by Gasteiger charge is 2.24. The number of hydrogen-bond acceptors (Lipinski definition) is 4. The molecule has 3 rings (SSSR count). The monoisotopic (exact) mass is 336 g/mol. The maximum atomic E-state index is 12.2. The summed E-state index contributed by atoms with van der Waals surface area (Å²) in [5, 5.41) is 7.14. The van der Waals surface area contributed by atoms with E-state index in [0.717, 1.165) is 25.7 Å². The maximum Gasteiger partial charge on any atom is 0.387 e. The molecule has 0 unspecified atom stereocenters. The topological polar surface area (TPSA) is 69.0 Å². The van der Waals surface area contributed by atoms with Crippen LogP contribution in [0.1, 0.15) is 42.1 Å². The quantitative estimate of drug-likeness (QED) is 0.911. The van der Waals surface area contributed by atoms with E-state index in [9.17, 15) is 13.6 Å². The summed E-state index contributed by atoms with van der Waals surface area (Å²) < 4.78 is 30.3. The van der Waals surface area contributed by atoms with E-state index < -0.39 is 6.61 Å². The van der Waals surface area contributed by atoms with Crippen molar-refractivity contribution in [3.8, 4) is 5.75 Å². The van der Waals surface area contributed by atoms with Crippen LogP contribution in [0.15, 0.2) is 36.9 Å². The fourth-order valence-corrected chi connectivity index (χ4v) is 2.95. The number of halogens is 2. The Kier molecular flexibility index (Phi) is 5.02. The van der Waals surface area contributed by atoms with Crippen LogP contribution >= 0.6 is 0 Å². The third kappa shape index (κ3) is 4.06. The molecule has 1 aromatic heterocycles. The molecule has 0 saturated heterocycles. The number of nitrogens with zero attached hydrogens (tertiary/aromatic N) is 3. The van der Waals surface area contributed by atoms with E-state index in [-0.39, 0.29) is 17.7 Å². The molecule has 6 nitrogen and oxygen atoms in total. The largest absolute Gasteiger partial charge is 0.435 e. The Morgan fingerprint density at radius 1 is 1.21 bits per heavy atom. The zero-order valence-corrected chi connectivity index (χ0v) is 12.9. The fourth-order valence-electron chi connectivity index (χ4n) is 2.95. The number of aromatic nitrogens is 3. The van der Waals surface area contributed by atoms with Crippen LogP contribution in [0.3, 0.4) is 0 Å². The molecule has 8 heteroatoms. The van der Waals surface area contributed by atoms with Crippen molar-refractivity contribution in [1.82, 2.24) is 20.1 Å². The molecule has 1 N–H and O–H groups in total. The summed E-state index contributed by atoms with van der Waals surface area (Å²) >= 11 is 0. The van der Waals surface area contributed by atoms with Gasteiger partial charge in [-0.15, -0.1) is 0 Å². The van der Waals surface area contributed by atoms with Gasteiger partial charge in [-0.05, 0) is 49.9 Å². The van der Waals surface area contributed by atoms with E-state index in [4.69, 9.17) is 0 Å². The van der Waals surface area contributed by atoms with Gasteiger partial charge in [0.15, 0.2) is 0 Å². The number of benzene rings is 1. The van der Waals surface area contributed by atoms with Crippen molar-refractivity contribution in [2.24, 2.45) is 0 Å². The smallest absolute Gasteiger partial charge is 0.387 e. The van der Waals surface area contributed by atoms with Crippen LogP contribution in [0.4, 0.5) is 8.78 Å². The summed E-state index contributed by atoms with van der Waals surface area (Å²) in [5.74, 6) is -0.169. The molecule has 1 aliphatic carbocycles. The van der Waals surface area contributed by atoms with Gasteiger partial charge in [-0.2, -0.15) is 13.9 Å². The molecular weight excluding hydrogens is 318 g/mol. The fraction of sp³-hybridized carbons (Fsp3) is 0.438. The highest BCUT2D eigenvalue weighted by Crippen LogP contribution is 2.27. The summed E-state index contributed by atoms with van der Waals surface area (Å²) in [4.78, 5) is 16.2. The molecule has 24 heavy (non-hydrogen) atoms. The number of carbonyl (C=O) groups is 1. The highest BCUT2D eigenvalue weighted by molar-refractivity contribution is 5.94. The lowest BCUT2D eigenvalue weighted by Crippen LogP contribution is -2.38. The Morgan fingerprint density at radius 2 is 1.92 bits per heavy atom. The molecule has 1 heterocycles. The lowest BCUT2D eigenvalue weighted by molar-refractivity contribution is -0.0498. The van der Waals surface area contributed by atoms with Gasteiger partial charge in [0.25, 0.3) is 5.91 Å². The lowest BCUT2D eigenvalue weighted by atomic mass is 9.91. The van der Waals surface area contributed by atoms with Crippen LogP contribution in [-0.4, -0.2) is 33.3 Å². The zero-order chi connectivity index (χ0) is 16.9. The molecule has 128 valence electrons. The van der Waals surface area contributed by atoms with Gasteiger partial charge in [0.2, 0.25) is 0 Å². The predicted octanol–water partition coefficient (Wildman–Crippen LogP) is 2.79. The summed E-state index contributed by atoms with van der Waals surface area (Å²) in [5.41, 5.74) is 0.426. The standard InChI is InChI=1S/C16H18F2N4O2/c17-16(18)24-14-7-1-11(2-8-14)15(23)21-12-3-5-13(6-4-12)22-10-19-9-20-22/h1-2,7-10,12-13,16H,3-6H2,(H,21,23). The van der Waals surface area contributed by atoms with Gasteiger partial charge in [0, 0.05) is 11.6 Å². The molecular formula is C16H18F2N4O2. The molecule has 1 fully saturated rings. The molecule has 0 radical (unpaired) electrons. The molecule has 0 bridgehead atoms. The minimum absolute atomic E-state index is 0.0369. The molecule has 1 aliphatic rings. The molecule has 0 spiro atoms. The van der Waals surface area contributed by atoms with Crippen LogP contribution in [0, 0.1) is 0 Å². The molecule has 1 amide bonds. The number of nitrogens with one attached hydrogen (secondary N) is 1. The van der Waals surface area contributed by atoms with Gasteiger partial charge >= 0.3 is 6.61 Å². The molecule has 0 aliphatic heterocycles. The van der Waals surface area contributed by atoms with Gasteiger partial charge in [-0.3, -0.25) is 4.79 Å². The van der Waals surface area contributed by atoms with Crippen molar-refractivity contribution in [3.05, 3.63) is 42.5 Å². The van der Waals surface area contributed by atoms with Crippen LogP contribution in [0.2, 0.25) is 0 Å².